The van der Waals surface area contributed by atoms with Gasteiger partial charge in [0.2, 0.25) is 10.0 Å². The lowest BCUT2D eigenvalue weighted by Gasteiger charge is -2.36. The number of ether oxygens (including phenoxy) is 3. The van der Waals surface area contributed by atoms with Crippen molar-refractivity contribution in [1.82, 2.24) is 9.62 Å². The summed E-state index contributed by atoms with van der Waals surface area (Å²) in [7, 11) is -4.00. The fourth-order valence-electron chi connectivity index (χ4n) is 4.94. The van der Waals surface area contributed by atoms with E-state index in [1.54, 1.807) is 39.0 Å². The molecule has 10 heteroatoms. The molecule has 1 saturated heterocycles. The highest BCUT2D eigenvalue weighted by molar-refractivity contribution is 7.89. The summed E-state index contributed by atoms with van der Waals surface area (Å²) in [5.41, 5.74) is 0.478. The van der Waals surface area contributed by atoms with Crippen LogP contribution in [0.25, 0.3) is 0 Å². The van der Waals surface area contributed by atoms with Crippen molar-refractivity contribution in [2.75, 3.05) is 26.3 Å². The Labute approximate surface area is 251 Å². The predicted molar refractivity (Wildman–Crippen MR) is 163 cm³/mol. The molecule has 234 valence electrons. The summed E-state index contributed by atoms with van der Waals surface area (Å²) in [6, 6.07) is 15.4. The number of carbonyl (C=O) groups is 1. The van der Waals surface area contributed by atoms with Crippen molar-refractivity contribution in [2.24, 2.45) is 5.41 Å². The van der Waals surface area contributed by atoms with E-state index in [2.05, 4.69) is 5.32 Å². The Morgan fingerprint density at radius 1 is 1.07 bits per heavy atom. The Kier molecular flexibility index (Phi) is 11.2. The number of alkyl carbamates (subject to hydrolysis) is 1. The molecule has 3 rings (SSSR count). The third-order valence-electron chi connectivity index (χ3n) is 7.24. The van der Waals surface area contributed by atoms with Crippen molar-refractivity contribution in [3.8, 4) is 0 Å². The lowest BCUT2D eigenvalue weighted by atomic mass is 9.86. The Hall–Kier alpha value is -2.50. The maximum atomic E-state index is 14.1. The Morgan fingerprint density at radius 3 is 2.31 bits per heavy atom. The van der Waals surface area contributed by atoms with Gasteiger partial charge in [-0.2, -0.15) is 4.31 Å². The quantitative estimate of drug-likeness (QED) is 0.329. The maximum Gasteiger partial charge on any atom is 0.407 e. The Bertz CT molecular complexity index is 1270. The van der Waals surface area contributed by atoms with Crippen LogP contribution in [0.3, 0.4) is 0 Å². The van der Waals surface area contributed by atoms with E-state index in [9.17, 15) is 18.3 Å². The van der Waals surface area contributed by atoms with Crippen molar-refractivity contribution < 1.29 is 32.5 Å². The van der Waals surface area contributed by atoms with Gasteiger partial charge in [-0.05, 0) is 76.1 Å². The van der Waals surface area contributed by atoms with Gasteiger partial charge in [0.15, 0.2) is 5.79 Å². The number of amides is 1. The summed E-state index contributed by atoms with van der Waals surface area (Å²) < 4.78 is 46.5. The van der Waals surface area contributed by atoms with Gasteiger partial charge < -0.3 is 24.6 Å². The number of hydrogen-bond acceptors (Lipinski definition) is 7. The highest BCUT2D eigenvalue weighted by Gasteiger charge is 2.38. The highest BCUT2D eigenvalue weighted by atomic mass is 32.2. The van der Waals surface area contributed by atoms with E-state index in [1.165, 1.54) is 4.31 Å². The molecule has 0 saturated carbocycles. The third kappa shape index (κ3) is 10.3. The van der Waals surface area contributed by atoms with Crippen LogP contribution >= 0.6 is 0 Å². The standard InChI is InChI=1S/C32H48N2O7S/c1-24-12-11-15-26(20-24)42(37,38)34(23-31(5,6)16-17-32(7)39-18-19-40-32)22-28(35)27(21-25-13-9-8-10-14-25)33-29(36)41-30(2,3)4/h8-15,20,27-28,35H,16-19,21-23H2,1-7H3,(H,33,36)/t27-,28?/m0/s1. The number of aliphatic hydroxyl groups is 1. The van der Waals surface area contributed by atoms with Crippen LogP contribution in [0.5, 0.6) is 0 Å². The first-order valence-electron chi connectivity index (χ1n) is 14.5. The van der Waals surface area contributed by atoms with E-state index in [1.807, 2.05) is 64.1 Å². The molecular formula is C32H48N2O7S. The van der Waals surface area contributed by atoms with E-state index >= 15 is 0 Å². The van der Waals surface area contributed by atoms with Gasteiger partial charge in [0.25, 0.3) is 0 Å². The number of hydrogen-bond donors (Lipinski definition) is 2. The monoisotopic (exact) mass is 604 g/mol. The molecule has 2 atom stereocenters. The topological polar surface area (TPSA) is 114 Å². The minimum atomic E-state index is -4.00. The zero-order valence-electron chi connectivity index (χ0n) is 26.1. The summed E-state index contributed by atoms with van der Waals surface area (Å²) in [6.07, 6.45) is -0.399. The number of benzene rings is 2. The van der Waals surface area contributed by atoms with Gasteiger partial charge in [-0.3, -0.25) is 0 Å². The van der Waals surface area contributed by atoms with Crippen LogP contribution in [0.15, 0.2) is 59.5 Å². The van der Waals surface area contributed by atoms with Crippen LogP contribution in [-0.2, 0) is 30.7 Å². The molecule has 2 N–H and O–H groups in total. The lowest BCUT2D eigenvalue weighted by molar-refractivity contribution is -0.151. The lowest BCUT2D eigenvalue weighted by Crippen LogP contribution is -2.52. The number of carbonyl (C=O) groups excluding carboxylic acids is 1. The summed E-state index contributed by atoms with van der Waals surface area (Å²) in [5.74, 6) is -0.699. The molecule has 1 heterocycles. The summed E-state index contributed by atoms with van der Waals surface area (Å²) in [4.78, 5) is 12.9. The molecule has 0 radical (unpaired) electrons. The molecule has 0 aromatic heterocycles. The fourth-order valence-corrected chi connectivity index (χ4v) is 6.69. The number of sulfonamides is 1. The third-order valence-corrected chi connectivity index (χ3v) is 9.05. The average Bonchev–Trinajstić information content (AvgIpc) is 3.33. The van der Waals surface area contributed by atoms with Gasteiger partial charge in [-0.25, -0.2) is 13.2 Å². The summed E-state index contributed by atoms with van der Waals surface area (Å²) in [6.45, 7) is 14.0. The van der Waals surface area contributed by atoms with Crippen LogP contribution in [0, 0.1) is 12.3 Å². The van der Waals surface area contributed by atoms with Crippen molar-refractivity contribution in [2.45, 2.75) is 96.2 Å². The number of rotatable bonds is 13. The molecule has 2 aromatic rings. The number of nitrogens with one attached hydrogen (secondary N) is 1. The number of aryl methyl sites for hydroxylation is 1. The first kappa shape index (κ1) is 34.0. The van der Waals surface area contributed by atoms with Crippen molar-refractivity contribution in [3.63, 3.8) is 0 Å². The van der Waals surface area contributed by atoms with E-state index in [-0.39, 0.29) is 24.4 Å². The molecule has 0 aliphatic carbocycles. The smallest absolute Gasteiger partial charge is 0.407 e. The minimum absolute atomic E-state index is 0.140. The van der Waals surface area contributed by atoms with E-state index in [0.29, 0.717) is 26.1 Å². The average molecular weight is 605 g/mol. The molecule has 42 heavy (non-hydrogen) atoms. The maximum absolute atomic E-state index is 14.1. The van der Waals surface area contributed by atoms with Crippen LogP contribution in [0.1, 0.15) is 65.5 Å². The van der Waals surface area contributed by atoms with Crippen LogP contribution < -0.4 is 5.32 Å². The summed E-state index contributed by atoms with van der Waals surface area (Å²) in [5, 5.41) is 14.4. The molecule has 1 unspecified atom stereocenters. The Balaban J connectivity index is 1.89. The first-order valence-corrected chi connectivity index (χ1v) is 16.0. The van der Waals surface area contributed by atoms with Gasteiger partial charge in [-0.15, -0.1) is 0 Å². The molecule has 0 bridgehead atoms. The molecule has 1 aliphatic heterocycles. The minimum Gasteiger partial charge on any atom is -0.444 e. The second-order valence-corrected chi connectivity index (χ2v) is 15.1. The molecule has 1 amide bonds. The molecule has 1 fully saturated rings. The number of aliphatic hydroxyl groups excluding tert-OH is 1. The second kappa shape index (κ2) is 13.9. The molecule has 9 nitrogen and oxygen atoms in total. The van der Waals surface area contributed by atoms with Crippen LogP contribution in [0.4, 0.5) is 4.79 Å². The molecule has 0 spiro atoms. The van der Waals surface area contributed by atoms with Crippen molar-refractivity contribution >= 4 is 16.1 Å². The van der Waals surface area contributed by atoms with Gasteiger partial charge in [0.1, 0.15) is 5.60 Å². The second-order valence-electron chi connectivity index (χ2n) is 13.1. The van der Waals surface area contributed by atoms with E-state index in [0.717, 1.165) is 11.1 Å². The van der Waals surface area contributed by atoms with Gasteiger partial charge >= 0.3 is 6.09 Å². The predicted octanol–water partition coefficient (Wildman–Crippen LogP) is 5.05. The van der Waals surface area contributed by atoms with Gasteiger partial charge in [0, 0.05) is 19.5 Å². The highest BCUT2D eigenvalue weighted by Crippen LogP contribution is 2.33. The molecular weight excluding hydrogens is 556 g/mol. The Morgan fingerprint density at radius 2 is 1.71 bits per heavy atom. The summed E-state index contributed by atoms with van der Waals surface area (Å²) >= 11 is 0. The zero-order chi connectivity index (χ0) is 31.2. The molecule has 1 aliphatic rings. The van der Waals surface area contributed by atoms with E-state index < -0.39 is 45.1 Å². The SMILES string of the molecule is Cc1cccc(S(=O)(=O)N(CC(O)[C@H](Cc2ccccc2)NC(=O)OC(C)(C)C)CC(C)(C)CCC2(C)OCCO2)c1. The largest absolute Gasteiger partial charge is 0.444 e. The van der Waals surface area contributed by atoms with Crippen LogP contribution in [0.2, 0.25) is 0 Å². The van der Waals surface area contributed by atoms with E-state index in [4.69, 9.17) is 14.2 Å². The molecule has 2 aromatic carbocycles. The zero-order valence-corrected chi connectivity index (χ0v) is 26.9. The van der Waals surface area contributed by atoms with Gasteiger partial charge in [-0.1, -0.05) is 56.3 Å². The van der Waals surface area contributed by atoms with Crippen LogP contribution in [-0.4, -0.2) is 73.8 Å². The van der Waals surface area contributed by atoms with Crippen molar-refractivity contribution in [1.29, 1.82) is 0 Å². The van der Waals surface area contributed by atoms with Crippen molar-refractivity contribution in [3.05, 3.63) is 65.7 Å². The normalized spacial score (nSPS) is 17.2. The van der Waals surface area contributed by atoms with Gasteiger partial charge in [0.05, 0.1) is 30.3 Å². The fraction of sp³-hybridized carbons (Fsp3) is 0.594. The number of nitrogens with zero attached hydrogens (tertiary/aromatic N) is 1. The first-order chi connectivity index (χ1) is 19.5.